The van der Waals surface area contributed by atoms with Crippen LogP contribution in [0.3, 0.4) is 0 Å². The quantitative estimate of drug-likeness (QED) is 0.844. The highest BCUT2D eigenvalue weighted by Crippen LogP contribution is 2.50. The van der Waals surface area contributed by atoms with Crippen LogP contribution < -0.4 is 10.5 Å². The van der Waals surface area contributed by atoms with E-state index in [1.807, 2.05) is 30.3 Å². The van der Waals surface area contributed by atoms with E-state index in [1.54, 1.807) is 25.2 Å². The summed E-state index contributed by atoms with van der Waals surface area (Å²) in [6, 6.07) is 14.9. The molecule has 2 aromatic carbocycles. The van der Waals surface area contributed by atoms with Crippen molar-refractivity contribution in [1.29, 1.82) is 0 Å². The van der Waals surface area contributed by atoms with Crippen LogP contribution in [0.5, 0.6) is 11.5 Å². The number of phenols is 1. The summed E-state index contributed by atoms with van der Waals surface area (Å²) in [7, 11) is 1.71. The van der Waals surface area contributed by atoms with Crippen molar-refractivity contribution in [2.45, 2.75) is 18.2 Å². The summed E-state index contributed by atoms with van der Waals surface area (Å²) in [6.45, 7) is 0. The molecule has 3 N–H and O–H groups in total. The molecule has 2 aromatic rings. The van der Waals surface area contributed by atoms with Gasteiger partial charge in [0.25, 0.3) is 0 Å². The second kappa shape index (κ2) is 4.89. The summed E-state index contributed by atoms with van der Waals surface area (Å²) in [4.78, 5) is 10.5. The Bertz CT molecular complexity index is 778. The summed E-state index contributed by atoms with van der Waals surface area (Å²) >= 11 is 0. The lowest BCUT2D eigenvalue weighted by atomic mass is 9.90. The Kier molecular flexibility index (Phi) is 2.96. The van der Waals surface area contributed by atoms with E-state index in [2.05, 4.69) is 4.99 Å². The Balaban J connectivity index is 1.84. The highest BCUT2D eigenvalue weighted by atomic mass is 16.7. The minimum atomic E-state index is -0.980. The number of fused-ring (bicyclic) bond motifs is 2. The number of rotatable bonds is 1. The van der Waals surface area contributed by atoms with Crippen LogP contribution in [0.2, 0.25) is 0 Å². The van der Waals surface area contributed by atoms with Crippen molar-refractivity contribution >= 4 is 5.96 Å². The number of nitrogens with two attached hydrogens (primary N) is 1. The van der Waals surface area contributed by atoms with Crippen molar-refractivity contribution in [1.82, 2.24) is 5.06 Å². The molecule has 0 fully saturated rings. The van der Waals surface area contributed by atoms with Gasteiger partial charge in [-0.2, -0.15) is 0 Å². The number of phenolic OH excluding ortho intramolecular Hbond substituents is 1. The second-order valence-electron chi connectivity index (χ2n) is 5.74. The molecular weight excluding hydrogens is 294 g/mol. The predicted molar refractivity (Wildman–Crippen MR) is 84.7 cm³/mol. The van der Waals surface area contributed by atoms with Crippen LogP contribution in [-0.2, 0) is 10.6 Å². The van der Waals surface area contributed by atoms with Gasteiger partial charge in [0.2, 0.25) is 11.7 Å². The number of guanidine groups is 1. The lowest BCUT2D eigenvalue weighted by molar-refractivity contribution is -0.191. The zero-order valence-corrected chi connectivity index (χ0v) is 12.6. The molecule has 0 aliphatic carbocycles. The molecule has 2 unspecified atom stereocenters. The summed E-state index contributed by atoms with van der Waals surface area (Å²) in [5.74, 6) is 1.07. The summed E-state index contributed by atoms with van der Waals surface area (Å²) in [5, 5.41) is 11.3. The second-order valence-corrected chi connectivity index (χ2v) is 5.74. The molecule has 1 spiro atoms. The fourth-order valence-electron chi connectivity index (χ4n) is 3.08. The number of nitrogens with zero attached hydrogens (tertiary/aromatic N) is 2. The molecule has 118 valence electrons. The number of hydroxylamine groups is 2. The van der Waals surface area contributed by atoms with Gasteiger partial charge in [-0.05, 0) is 23.8 Å². The van der Waals surface area contributed by atoms with E-state index >= 15 is 0 Å². The number of benzene rings is 2. The average molecular weight is 311 g/mol. The van der Waals surface area contributed by atoms with Gasteiger partial charge < -0.3 is 15.6 Å². The molecule has 2 heterocycles. The molecule has 23 heavy (non-hydrogen) atoms. The van der Waals surface area contributed by atoms with Crippen LogP contribution in [0.1, 0.15) is 23.7 Å². The largest absolute Gasteiger partial charge is 0.508 e. The molecule has 0 aromatic heterocycles. The Morgan fingerprint density at radius 1 is 1.26 bits per heavy atom. The van der Waals surface area contributed by atoms with Crippen LogP contribution in [0.25, 0.3) is 0 Å². The third-order valence-electron chi connectivity index (χ3n) is 4.19. The number of aromatic hydroxyl groups is 1. The molecule has 2 aliphatic heterocycles. The fourth-order valence-corrected chi connectivity index (χ4v) is 3.08. The monoisotopic (exact) mass is 311 g/mol. The maximum atomic E-state index is 9.84. The summed E-state index contributed by atoms with van der Waals surface area (Å²) < 4.78 is 6.11. The lowest BCUT2D eigenvalue weighted by Crippen LogP contribution is -2.36. The van der Waals surface area contributed by atoms with Gasteiger partial charge in [-0.1, -0.05) is 30.3 Å². The van der Waals surface area contributed by atoms with Gasteiger partial charge in [0, 0.05) is 13.5 Å². The molecule has 0 saturated heterocycles. The first kappa shape index (κ1) is 13.9. The van der Waals surface area contributed by atoms with Gasteiger partial charge >= 0.3 is 0 Å². The zero-order chi connectivity index (χ0) is 16.0. The number of aliphatic imine (C=N–C) groups is 1. The maximum absolute atomic E-state index is 9.84. The molecular formula is C17H17N3O3. The van der Waals surface area contributed by atoms with E-state index in [9.17, 15) is 5.11 Å². The van der Waals surface area contributed by atoms with Crippen LogP contribution in [0, 0.1) is 0 Å². The summed E-state index contributed by atoms with van der Waals surface area (Å²) in [5.41, 5.74) is 6.65. The average Bonchev–Trinajstić information content (AvgIpc) is 2.83. The van der Waals surface area contributed by atoms with Gasteiger partial charge in [0.1, 0.15) is 17.6 Å². The first-order valence-electron chi connectivity index (χ1n) is 7.41. The fraction of sp³-hybridized carbons (Fsp3) is 0.235. The standard InChI is InChI=1S/C17H17N3O3/c1-20-16(18)19-17(23-20)10-15(11-5-3-2-4-6-11)22-14-8-7-12(21)9-13(14)17/h2-9,15,21H,10H2,1H3,(H2,18,19). The van der Waals surface area contributed by atoms with E-state index in [4.69, 9.17) is 15.3 Å². The highest BCUT2D eigenvalue weighted by Gasteiger charge is 2.49. The minimum Gasteiger partial charge on any atom is -0.508 e. The normalized spacial score (nSPS) is 25.9. The van der Waals surface area contributed by atoms with Crippen LogP contribution in [-0.4, -0.2) is 23.2 Å². The van der Waals surface area contributed by atoms with Crippen LogP contribution >= 0.6 is 0 Å². The highest BCUT2D eigenvalue weighted by molar-refractivity contribution is 5.78. The van der Waals surface area contributed by atoms with Crippen molar-refractivity contribution in [2.24, 2.45) is 10.7 Å². The SMILES string of the molecule is CN1OC2(CC(c3ccccc3)Oc3ccc(O)cc32)N=C1N. The van der Waals surface area contributed by atoms with Crippen LogP contribution in [0.15, 0.2) is 53.5 Å². The van der Waals surface area contributed by atoms with Crippen LogP contribution in [0.4, 0.5) is 0 Å². The van der Waals surface area contributed by atoms with Gasteiger partial charge in [-0.25, -0.2) is 14.9 Å². The van der Waals surface area contributed by atoms with E-state index < -0.39 is 5.72 Å². The van der Waals surface area contributed by atoms with E-state index in [0.29, 0.717) is 23.7 Å². The third-order valence-corrected chi connectivity index (χ3v) is 4.19. The van der Waals surface area contributed by atoms with Gasteiger partial charge in [-0.3, -0.25) is 0 Å². The molecule has 4 rings (SSSR count). The molecule has 6 heteroatoms. The molecule has 6 nitrogen and oxygen atoms in total. The Labute approximate surface area is 133 Å². The summed E-state index contributed by atoms with van der Waals surface area (Å²) in [6.07, 6.45) is 0.259. The third kappa shape index (κ3) is 2.19. The van der Waals surface area contributed by atoms with Gasteiger partial charge in [0.15, 0.2) is 0 Å². The molecule has 0 radical (unpaired) electrons. The minimum absolute atomic E-state index is 0.136. The molecule has 0 saturated carbocycles. The van der Waals surface area contributed by atoms with Crippen molar-refractivity contribution in [2.75, 3.05) is 7.05 Å². The number of hydrogen-bond donors (Lipinski definition) is 2. The van der Waals surface area contributed by atoms with Crippen molar-refractivity contribution < 1.29 is 14.7 Å². The predicted octanol–water partition coefficient (Wildman–Crippen LogP) is 2.26. The first-order chi connectivity index (χ1) is 11.1. The smallest absolute Gasteiger partial charge is 0.222 e. The molecule has 0 bridgehead atoms. The Morgan fingerprint density at radius 3 is 2.74 bits per heavy atom. The van der Waals surface area contributed by atoms with E-state index in [1.165, 1.54) is 5.06 Å². The Morgan fingerprint density at radius 2 is 2.04 bits per heavy atom. The van der Waals surface area contributed by atoms with Gasteiger partial charge in [0.05, 0.1) is 5.56 Å². The first-order valence-corrected chi connectivity index (χ1v) is 7.41. The van der Waals surface area contributed by atoms with Crippen molar-refractivity contribution in [3.05, 3.63) is 59.7 Å². The lowest BCUT2D eigenvalue weighted by Gasteiger charge is -2.37. The van der Waals surface area contributed by atoms with Gasteiger partial charge in [-0.15, -0.1) is 0 Å². The van der Waals surface area contributed by atoms with Crippen molar-refractivity contribution in [3.8, 4) is 11.5 Å². The molecule has 2 aliphatic rings. The van der Waals surface area contributed by atoms with E-state index in [0.717, 1.165) is 5.56 Å². The number of hydrogen-bond acceptors (Lipinski definition) is 6. The van der Waals surface area contributed by atoms with E-state index in [-0.39, 0.29) is 11.9 Å². The maximum Gasteiger partial charge on any atom is 0.222 e. The molecule has 0 amide bonds. The topological polar surface area (TPSA) is 80.3 Å². The van der Waals surface area contributed by atoms with Crippen molar-refractivity contribution in [3.63, 3.8) is 0 Å². The number of ether oxygens (including phenoxy) is 1. The molecule has 2 atom stereocenters. The Hall–Kier alpha value is -2.73. The zero-order valence-electron chi connectivity index (χ0n) is 12.6.